The topological polar surface area (TPSA) is 9.23 Å². The molecule has 64 valence electrons. The lowest BCUT2D eigenvalue weighted by Crippen LogP contribution is -1.92. The summed E-state index contributed by atoms with van der Waals surface area (Å²) in [6.07, 6.45) is 6.63. The first-order valence-corrected chi connectivity index (χ1v) is 4.26. The molecule has 0 aromatic carbocycles. The van der Waals surface area contributed by atoms with Gasteiger partial charge in [-0.15, -0.1) is 0 Å². The summed E-state index contributed by atoms with van der Waals surface area (Å²) < 4.78 is 5.10. The maximum Gasteiger partial charge on any atom is 0.117 e. The quantitative estimate of drug-likeness (QED) is 0.563. The summed E-state index contributed by atoms with van der Waals surface area (Å²) in [5.74, 6) is 1.04. The average molecular weight is 154 g/mol. The monoisotopic (exact) mass is 154 g/mol. The molecule has 0 bridgehead atoms. The van der Waals surface area contributed by atoms with Crippen molar-refractivity contribution in [2.24, 2.45) is 0 Å². The molecule has 1 aliphatic carbocycles. The van der Waals surface area contributed by atoms with E-state index in [-0.39, 0.29) is 0 Å². The standard InChI is InChI=1S/C8H12O.C2H6/c1-7-5-3-4-6-8(7)9-2;1-2/h5-6H,3-4H2,1-2H3;1-2H3. The predicted octanol–water partition coefficient (Wildman–Crippen LogP) is 3.28. The summed E-state index contributed by atoms with van der Waals surface area (Å²) in [5.41, 5.74) is 1.27. The first-order valence-electron chi connectivity index (χ1n) is 4.26. The molecule has 0 aliphatic heterocycles. The Labute approximate surface area is 69.8 Å². The number of ether oxygens (including phenoxy) is 1. The molecule has 0 saturated carbocycles. The molecular weight excluding hydrogens is 136 g/mol. The van der Waals surface area contributed by atoms with Crippen LogP contribution >= 0.6 is 0 Å². The molecule has 0 aromatic heterocycles. The van der Waals surface area contributed by atoms with Crippen molar-refractivity contribution in [3.05, 3.63) is 23.5 Å². The van der Waals surface area contributed by atoms with Crippen LogP contribution in [-0.4, -0.2) is 7.11 Å². The Morgan fingerprint density at radius 3 is 2.09 bits per heavy atom. The second kappa shape index (κ2) is 6.02. The van der Waals surface area contributed by atoms with Crippen LogP contribution in [0.2, 0.25) is 0 Å². The predicted molar refractivity (Wildman–Crippen MR) is 49.4 cm³/mol. The van der Waals surface area contributed by atoms with Gasteiger partial charge in [0.2, 0.25) is 0 Å². The van der Waals surface area contributed by atoms with E-state index in [9.17, 15) is 0 Å². The summed E-state index contributed by atoms with van der Waals surface area (Å²) in [6, 6.07) is 0. The normalized spacial score (nSPS) is 15.6. The van der Waals surface area contributed by atoms with Crippen LogP contribution in [0.4, 0.5) is 0 Å². The molecule has 1 rings (SSSR count). The van der Waals surface area contributed by atoms with Crippen molar-refractivity contribution in [2.45, 2.75) is 33.6 Å². The molecule has 0 atom stereocenters. The van der Waals surface area contributed by atoms with Gasteiger partial charge in [0.1, 0.15) is 5.76 Å². The van der Waals surface area contributed by atoms with E-state index >= 15 is 0 Å². The Bertz CT molecular complexity index is 154. The van der Waals surface area contributed by atoms with E-state index in [4.69, 9.17) is 4.74 Å². The molecule has 0 N–H and O–H groups in total. The number of allylic oxidation sites excluding steroid dienone is 3. The fourth-order valence-corrected chi connectivity index (χ4v) is 1.02. The van der Waals surface area contributed by atoms with E-state index in [1.807, 2.05) is 13.8 Å². The Morgan fingerprint density at radius 1 is 1.18 bits per heavy atom. The zero-order chi connectivity index (χ0) is 8.69. The molecule has 0 amide bonds. The van der Waals surface area contributed by atoms with Gasteiger partial charge in [-0.05, 0) is 31.4 Å². The van der Waals surface area contributed by atoms with Crippen molar-refractivity contribution in [3.63, 3.8) is 0 Å². The molecule has 1 heteroatoms. The fourth-order valence-electron chi connectivity index (χ4n) is 1.02. The highest BCUT2D eigenvalue weighted by Gasteiger charge is 2.01. The Morgan fingerprint density at radius 2 is 1.73 bits per heavy atom. The highest BCUT2D eigenvalue weighted by Crippen LogP contribution is 2.17. The lowest BCUT2D eigenvalue weighted by molar-refractivity contribution is 0.297. The summed E-state index contributed by atoms with van der Waals surface area (Å²) >= 11 is 0. The molecular formula is C10H18O. The van der Waals surface area contributed by atoms with Crippen molar-refractivity contribution < 1.29 is 4.74 Å². The minimum Gasteiger partial charge on any atom is -0.497 e. The van der Waals surface area contributed by atoms with Gasteiger partial charge in [-0.2, -0.15) is 0 Å². The molecule has 11 heavy (non-hydrogen) atoms. The van der Waals surface area contributed by atoms with Crippen LogP contribution in [0.1, 0.15) is 33.6 Å². The van der Waals surface area contributed by atoms with E-state index in [0.29, 0.717) is 0 Å². The highest BCUT2D eigenvalue weighted by atomic mass is 16.5. The third kappa shape index (κ3) is 3.26. The van der Waals surface area contributed by atoms with Gasteiger partial charge in [0.15, 0.2) is 0 Å². The molecule has 0 spiro atoms. The molecule has 1 nitrogen and oxygen atoms in total. The van der Waals surface area contributed by atoms with Gasteiger partial charge in [-0.25, -0.2) is 0 Å². The average Bonchev–Trinajstić information content (AvgIpc) is 2.09. The summed E-state index contributed by atoms with van der Waals surface area (Å²) in [5, 5.41) is 0. The lowest BCUT2D eigenvalue weighted by atomic mass is 10.1. The van der Waals surface area contributed by atoms with E-state index < -0.39 is 0 Å². The maximum atomic E-state index is 5.10. The number of hydrogen-bond acceptors (Lipinski definition) is 1. The molecule has 1 aliphatic rings. The van der Waals surface area contributed by atoms with E-state index in [2.05, 4.69) is 19.1 Å². The smallest absolute Gasteiger partial charge is 0.117 e. The van der Waals surface area contributed by atoms with E-state index in [1.165, 1.54) is 12.0 Å². The van der Waals surface area contributed by atoms with Gasteiger partial charge in [0, 0.05) is 0 Å². The number of rotatable bonds is 1. The van der Waals surface area contributed by atoms with E-state index in [1.54, 1.807) is 7.11 Å². The van der Waals surface area contributed by atoms with Gasteiger partial charge >= 0.3 is 0 Å². The van der Waals surface area contributed by atoms with Gasteiger partial charge in [0.05, 0.1) is 7.11 Å². The van der Waals surface area contributed by atoms with Gasteiger partial charge in [-0.3, -0.25) is 0 Å². The number of hydrogen-bond donors (Lipinski definition) is 0. The summed E-state index contributed by atoms with van der Waals surface area (Å²) in [6.45, 7) is 6.08. The Balaban J connectivity index is 0.000000461. The van der Waals surface area contributed by atoms with Gasteiger partial charge in [-0.1, -0.05) is 19.9 Å². The number of methoxy groups -OCH3 is 1. The SMILES string of the molecule is CC.COC1=CCCC=C1C. The lowest BCUT2D eigenvalue weighted by Gasteiger charge is -2.09. The van der Waals surface area contributed by atoms with Crippen LogP contribution in [-0.2, 0) is 4.74 Å². The highest BCUT2D eigenvalue weighted by molar-refractivity contribution is 5.26. The van der Waals surface area contributed by atoms with Crippen LogP contribution < -0.4 is 0 Å². The van der Waals surface area contributed by atoms with Crippen molar-refractivity contribution in [1.29, 1.82) is 0 Å². The Hall–Kier alpha value is -0.720. The van der Waals surface area contributed by atoms with Crippen LogP contribution in [0.15, 0.2) is 23.5 Å². The molecule has 0 unspecified atom stereocenters. The largest absolute Gasteiger partial charge is 0.497 e. The molecule has 0 fully saturated rings. The molecule has 0 radical (unpaired) electrons. The van der Waals surface area contributed by atoms with Crippen LogP contribution in [0, 0.1) is 0 Å². The first kappa shape index (κ1) is 10.3. The summed E-state index contributed by atoms with van der Waals surface area (Å²) in [4.78, 5) is 0. The third-order valence-corrected chi connectivity index (χ3v) is 1.56. The minimum atomic E-state index is 1.04. The Kier molecular flexibility index (Phi) is 5.63. The second-order valence-corrected chi connectivity index (χ2v) is 2.24. The van der Waals surface area contributed by atoms with Crippen LogP contribution in [0.3, 0.4) is 0 Å². The minimum absolute atomic E-state index is 1.04. The van der Waals surface area contributed by atoms with Crippen LogP contribution in [0.5, 0.6) is 0 Å². The fraction of sp³-hybridized carbons (Fsp3) is 0.600. The maximum absolute atomic E-state index is 5.10. The van der Waals surface area contributed by atoms with Gasteiger partial charge < -0.3 is 4.74 Å². The van der Waals surface area contributed by atoms with Crippen molar-refractivity contribution in [1.82, 2.24) is 0 Å². The van der Waals surface area contributed by atoms with Crippen LogP contribution in [0.25, 0.3) is 0 Å². The molecule has 0 heterocycles. The molecule has 0 saturated heterocycles. The second-order valence-electron chi connectivity index (χ2n) is 2.24. The molecule has 0 aromatic rings. The first-order chi connectivity index (χ1) is 5.34. The van der Waals surface area contributed by atoms with Crippen molar-refractivity contribution in [3.8, 4) is 0 Å². The van der Waals surface area contributed by atoms with Crippen molar-refractivity contribution >= 4 is 0 Å². The van der Waals surface area contributed by atoms with Crippen molar-refractivity contribution in [2.75, 3.05) is 7.11 Å². The van der Waals surface area contributed by atoms with Gasteiger partial charge in [0.25, 0.3) is 0 Å². The summed E-state index contributed by atoms with van der Waals surface area (Å²) in [7, 11) is 1.72. The third-order valence-electron chi connectivity index (χ3n) is 1.56. The zero-order valence-corrected chi connectivity index (χ0v) is 7.98. The zero-order valence-electron chi connectivity index (χ0n) is 7.98. The van der Waals surface area contributed by atoms with E-state index in [0.717, 1.165) is 12.2 Å².